The molecule has 3 atom stereocenters. The molecule has 2 aliphatic rings. The minimum absolute atomic E-state index is 0.613. The monoisotopic (exact) mass is 245 g/mol. The van der Waals surface area contributed by atoms with Crippen LogP contribution in [0.3, 0.4) is 0 Å². The molecule has 0 saturated carbocycles. The van der Waals surface area contributed by atoms with Crippen LogP contribution in [-0.4, -0.2) is 25.8 Å². The van der Waals surface area contributed by atoms with Crippen LogP contribution < -0.4 is 5.32 Å². The van der Waals surface area contributed by atoms with E-state index in [0.717, 1.165) is 19.8 Å². The van der Waals surface area contributed by atoms with Crippen LogP contribution in [0.4, 0.5) is 0 Å². The Bertz CT molecular complexity index is 398. The van der Waals surface area contributed by atoms with E-state index in [4.69, 9.17) is 4.74 Å². The minimum atomic E-state index is 0.613. The Hall–Kier alpha value is -0.860. The van der Waals surface area contributed by atoms with Crippen LogP contribution in [-0.2, 0) is 11.2 Å². The number of benzene rings is 1. The quantitative estimate of drug-likeness (QED) is 0.861. The first-order chi connectivity index (χ1) is 8.90. The Labute approximate surface area is 110 Å². The fraction of sp³-hybridized carbons (Fsp3) is 0.625. The van der Waals surface area contributed by atoms with Crippen molar-refractivity contribution in [3.63, 3.8) is 0 Å². The molecule has 18 heavy (non-hydrogen) atoms. The van der Waals surface area contributed by atoms with Crippen LogP contribution in [0.1, 0.15) is 36.8 Å². The van der Waals surface area contributed by atoms with Crippen LogP contribution >= 0.6 is 0 Å². The molecule has 98 valence electrons. The number of hydrogen-bond acceptors (Lipinski definition) is 2. The van der Waals surface area contributed by atoms with Crippen LogP contribution in [0.5, 0.6) is 0 Å². The van der Waals surface area contributed by atoms with E-state index in [-0.39, 0.29) is 0 Å². The van der Waals surface area contributed by atoms with Crippen molar-refractivity contribution in [2.75, 3.05) is 19.8 Å². The molecule has 3 rings (SSSR count). The highest BCUT2D eigenvalue weighted by Gasteiger charge is 2.37. The highest BCUT2D eigenvalue weighted by atomic mass is 16.5. The fourth-order valence-corrected chi connectivity index (χ4v) is 3.40. The molecular formula is C16H23NO. The molecule has 0 amide bonds. The average Bonchev–Trinajstić information content (AvgIpc) is 2.88. The first-order valence-corrected chi connectivity index (χ1v) is 7.29. The van der Waals surface area contributed by atoms with Gasteiger partial charge in [-0.05, 0) is 36.9 Å². The van der Waals surface area contributed by atoms with Crippen LogP contribution in [0.25, 0.3) is 0 Å². The van der Waals surface area contributed by atoms with Crippen molar-refractivity contribution in [2.24, 2.45) is 5.92 Å². The Morgan fingerprint density at radius 1 is 1.39 bits per heavy atom. The third kappa shape index (κ3) is 2.19. The van der Waals surface area contributed by atoms with Gasteiger partial charge in [0.25, 0.3) is 0 Å². The van der Waals surface area contributed by atoms with Gasteiger partial charge in [0.2, 0.25) is 0 Å². The van der Waals surface area contributed by atoms with Crippen molar-refractivity contribution in [3.05, 3.63) is 35.4 Å². The number of ether oxygens (including phenoxy) is 1. The second-order valence-electron chi connectivity index (χ2n) is 5.61. The van der Waals surface area contributed by atoms with E-state index in [1.807, 2.05) is 0 Å². The topological polar surface area (TPSA) is 21.3 Å². The molecule has 1 aliphatic heterocycles. The SMILES string of the molecule is CCCNC(C1CCOC1)C1Cc2ccccc21. The van der Waals surface area contributed by atoms with Crippen molar-refractivity contribution in [1.82, 2.24) is 5.32 Å². The molecule has 1 heterocycles. The molecular weight excluding hydrogens is 222 g/mol. The fourth-order valence-electron chi connectivity index (χ4n) is 3.40. The summed E-state index contributed by atoms with van der Waals surface area (Å²) in [6, 6.07) is 9.52. The zero-order valence-electron chi connectivity index (χ0n) is 11.2. The molecule has 0 aromatic heterocycles. The van der Waals surface area contributed by atoms with E-state index in [2.05, 4.69) is 36.5 Å². The van der Waals surface area contributed by atoms with Crippen molar-refractivity contribution in [1.29, 1.82) is 0 Å². The number of rotatable bonds is 5. The zero-order chi connectivity index (χ0) is 12.4. The lowest BCUT2D eigenvalue weighted by Gasteiger charge is -2.39. The molecule has 1 aliphatic carbocycles. The Morgan fingerprint density at radius 3 is 3.00 bits per heavy atom. The standard InChI is InChI=1S/C16H23NO/c1-2-8-17-16(13-7-9-18-11-13)15-10-12-5-3-4-6-14(12)15/h3-6,13,15-17H,2,7-11H2,1H3. The van der Waals surface area contributed by atoms with Crippen molar-refractivity contribution >= 4 is 0 Å². The van der Waals surface area contributed by atoms with Crippen LogP contribution in [0.2, 0.25) is 0 Å². The molecule has 3 unspecified atom stereocenters. The predicted molar refractivity (Wildman–Crippen MR) is 73.9 cm³/mol. The third-order valence-corrected chi connectivity index (χ3v) is 4.43. The lowest BCUT2D eigenvalue weighted by Crippen LogP contribution is -2.45. The van der Waals surface area contributed by atoms with E-state index >= 15 is 0 Å². The molecule has 0 radical (unpaired) electrons. The first-order valence-electron chi connectivity index (χ1n) is 7.29. The molecule has 1 aromatic rings. The summed E-state index contributed by atoms with van der Waals surface area (Å²) in [5.74, 6) is 1.41. The number of nitrogens with one attached hydrogen (secondary N) is 1. The van der Waals surface area contributed by atoms with Gasteiger partial charge in [-0.25, -0.2) is 0 Å². The van der Waals surface area contributed by atoms with Gasteiger partial charge in [-0.3, -0.25) is 0 Å². The largest absolute Gasteiger partial charge is 0.381 e. The second-order valence-corrected chi connectivity index (χ2v) is 5.61. The maximum Gasteiger partial charge on any atom is 0.0510 e. The molecule has 1 aromatic carbocycles. The summed E-state index contributed by atoms with van der Waals surface area (Å²) in [5.41, 5.74) is 3.11. The molecule has 0 bridgehead atoms. The molecule has 2 nitrogen and oxygen atoms in total. The molecule has 1 N–H and O–H groups in total. The van der Waals surface area contributed by atoms with E-state index in [9.17, 15) is 0 Å². The predicted octanol–water partition coefficient (Wildman–Crippen LogP) is 2.73. The summed E-state index contributed by atoms with van der Waals surface area (Å²) < 4.78 is 5.58. The molecule has 2 heteroatoms. The van der Waals surface area contributed by atoms with Gasteiger partial charge in [0, 0.05) is 24.5 Å². The summed E-state index contributed by atoms with van der Waals surface area (Å²) in [6.07, 6.45) is 3.67. The second kappa shape index (κ2) is 5.41. The minimum Gasteiger partial charge on any atom is -0.381 e. The van der Waals surface area contributed by atoms with Gasteiger partial charge < -0.3 is 10.1 Å². The summed E-state index contributed by atoms with van der Waals surface area (Å²) in [7, 11) is 0. The van der Waals surface area contributed by atoms with Gasteiger partial charge in [-0.1, -0.05) is 31.2 Å². The summed E-state index contributed by atoms with van der Waals surface area (Å²) in [4.78, 5) is 0. The van der Waals surface area contributed by atoms with E-state index in [0.29, 0.717) is 17.9 Å². The highest BCUT2D eigenvalue weighted by Crippen LogP contribution is 2.40. The van der Waals surface area contributed by atoms with Gasteiger partial charge in [0.1, 0.15) is 0 Å². The summed E-state index contributed by atoms with van der Waals surface area (Å²) in [5, 5.41) is 3.77. The highest BCUT2D eigenvalue weighted by molar-refractivity contribution is 5.41. The van der Waals surface area contributed by atoms with Gasteiger partial charge >= 0.3 is 0 Å². The summed E-state index contributed by atoms with van der Waals surface area (Å²) >= 11 is 0. The van der Waals surface area contributed by atoms with Crippen molar-refractivity contribution in [2.45, 2.75) is 38.1 Å². The van der Waals surface area contributed by atoms with Crippen LogP contribution in [0, 0.1) is 5.92 Å². The third-order valence-electron chi connectivity index (χ3n) is 4.43. The van der Waals surface area contributed by atoms with Gasteiger partial charge in [-0.15, -0.1) is 0 Å². The number of hydrogen-bond donors (Lipinski definition) is 1. The zero-order valence-corrected chi connectivity index (χ0v) is 11.2. The van der Waals surface area contributed by atoms with Crippen LogP contribution in [0.15, 0.2) is 24.3 Å². The Balaban J connectivity index is 1.74. The van der Waals surface area contributed by atoms with E-state index < -0.39 is 0 Å². The first kappa shape index (κ1) is 12.2. The van der Waals surface area contributed by atoms with Gasteiger partial charge in [0.05, 0.1) is 6.61 Å². The van der Waals surface area contributed by atoms with Gasteiger partial charge in [-0.2, -0.15) is 0 Å². The maximum absolute atomic E-state index is 5.58. The molecule has 1 fully saturated rings. The maximum atomic E-state index is 5.58. The smallest absolute Gasteiger partial charge is 0.0510 e. The normalized spacial score (nSPS) is 27.6. The summed E-state index contributed by atoms with van der Waals surface area (Å²) in [6.45, 7) is 5.26. The average molecular weight is 245 g/mol. The Morgan fingerprint density at radius 2 is 2.28 bits per heavy atom. The van der Waals surface area contributed by atoms with Gasteiger partial charge in [0.15, 0.2) is 0 Å². The lowest BCUT2D eigenvalue weighted by atomic mass is 9.70. The molecule has 1 saturated heterocycles. The van der Waals surface area contributed by atoms with E-state index in [1.165, 1.54) is 19.3 Å². The van der Waals surface area contributed by atoms with E-state index in [1.54, 1.807) is 11.1 Å². The van der Waals surface area contributed by atoms with Crippen molar-refractivity contribution in [3.8, 4) is 0 Å². The lowest BCUT2D eigenvalue weighted by molar-refractivity contribution is 0.170. The molecule has 0 spiro atoms. The Kier molecular flexibility index (Phi) is 3.67. The van der Waals surface area contributed by atoms with Crippen molar-refractivity contribution < 1.29 is 4.74 Å². The number of fused-ring (bicyclic) bond motifs is 1.